The van der Waals surface area contributed by atoms with E-state index in [1.165, 1.54) is 0 Å². The van der Waals surface area contributed by atoms with Gasteiger partial charge in [-0.05, 0) is 6.07 Å². The largest absolute Gasteiger partial charge is 0.507 e. The summed E-state index contributed by atoms with van der Waals surface area (Å²) in [5.74, 6) is -1.04. The van der Waals surface area contributed by atoms with Gasteiger partial charge in [-0.15, -0.1) is 0 Å². The van der Waals surface area contributed by atoms with Crippen LogP contribution in [0.15, 0.2) is 12.1 Å². The van der Waals surface area contributed by atoms with Gasteiger partial charge in [0.1, 0.15) is 0 Å². The molecule has 0 spiro atoms. The van der Waals surface area contributed by atoms with Crippen molar-refractivity contribution in [2.75, 3.05) is 19.7 Å². The number of hydrogen-bond donors (Lipinski definition) is 1. The minimum Gasteiger partial charge on any atom is -0.421 e. The first-order chi connectivity index (χ1) is 9.80. The molecule has 1 aromatic rings. The molecule has 1 saturated heterocycles. The van der Waals surface area contributed by atoms with Gasteiger partial charge in [-0.2, -0.15) is 17.6 Å². The Balaban J connectivity index is 1.97. The molecule has 2 aliphatic rings. The molecule has 1 fully saturated rings. The van der Waals surface area contributed by atoms with Crippen molar-refractivity contribution in [3.63, 3.8) is 0 Å². The van der Waals surface area contributed by atoms with Crippen LogP contribution in [0.4, 0.5) is 17.6 Å². The molecule has 3 rings (SSSR count). The van der Waals surface area contributed by atoms with Crippen LogP contribution < -0.4 is 14.8 Å². The molecule has 2 heterocycles. The Morgan fingerprint density at radius 1 is 1.10 bits per heavy atom. The maximum Gasteiger partial charge on any atom is 0.507 e. The second-order valence-electron chi connectivity index (χ2n) is 4.62. The van der Waals surface area contributed by atoms with Crippen LogP contribution in [0, 0.1) is 0 Å². The third-order valence-electron chi connectivity index (χ3n) is 3.15. The number of rotatable bonds is 1. The topological polar surface area (TPSA) is 39.7 Å². The lowest BCUT2D eigenvalue weighted by molar-refractivity contribution is -0.391. The van der Waals surface area contributed by atoms with Crippen LogP contribution in [0.5, 0.6) is 11.5 Å². The predicted molar refractivity (Wildman–Crippen MR) is 64.2 cm³/mol. The Labute approximate surface area is 121 Å². The van der Waals surface area contributed by atoms with Crippen molar-refractivity contribution in [2.24, 2.45) is 0 Å². The lowest BCUT2D eigenvalue weighted by Crippen LogP contribution is -2.52. The third kappa shape index (κ3) is 2.51. The van der Waals surface area contributed by atoms with Crippen LogP contribution >= 0.6 is 11.6 Å². The first-order valence-corrected chi connectivity index (χ1v) is 6.47. The zero-order chi connectivity index (χ0) is 15.3. The number of hydrogen-bond acceptors (Lipinski definition) is 4. The highest BCUT2D eigenvalue weighted by Gasteiger charge is 2.66. The van der Waals surface area contributed by atoms with Gasteiger partial charge < -0.3 is 19.5 Å². The van der Waals surface area contributed by atoms with Crippen LogP contribution in [0.1, 0.15) is 11.7 Å². The quantitative estimate of drug-likeness (QED) is 0.805. The van der Waals surface area contributed by atoms with E-state index in [4.69, 9.17) is 16.3 Å². The molecule has 1 atom stereocenters. The van der Waals surface area contributed by atoms with Crippen LogP contribution in [0.25, 0.3) is 0 Å². The summed E-state index contributed by atoms with van der Waals surface area (Å²) in [6.07, 6.45) is -9.99. The summed E-state index contributed by atoms with van der Waals surface area (Å²) >= 11 is 5.98. The Kier molecular flexibility index (Phi) is 3.42. The van der Waals surface area contributed by atoms with Crippen LogP contribution in [0.3, 0.4) is 0 Å². The molecule has 1 N–H and O–H groups in total. The number of fused-ring (bicyclic) bond motifs is 1. The average molecular weight is 328 g/mol. The van der Waals surface area contributed by atoms with Gasteiger partial charge in [0.25, 0.3) is 0 Å². The second kappa shape index (κ2) is 4.89. The Morgan fingerprint density at radius 2 is 1.71 bits per heavy atom. The Morgan fingerprint density at radius 3 is 2.29 bits per heavy atom. The Bertz CT molecular complexity index is 564. The van der Waals surface area contributed by atoms with Crippen molar-refractivity contribution in [2.45, 2.75) is 18.3 Å². The molecule has 1 unspecified atom stereocenters. The summed E-state index contributed by atoms with van der Waals surface area (Å²) in [5.41, 5.74) is 0.368. The number of benzene rings is 1. The minimum absolute atomic E-state index is 0.0760. The van der Waals surface area contributed by atoms with Crippen molar-refractivity contribution >= 4 is 11.6 Å². The van der Waals surface area contributed by atoms with E-state index in [9.17, 15) is 17.6 Å². The first-order valence-electron chi connectivity index (χ1n) is 6.09. The zero-order valence-corrected chi connectivity index (χ0v) is 11.2. The van der Waals surface area contributed by atoms with E-state index in [0.29, 0.717) is 25.3 Å². The second-order valence-corrected chi connectivity index (χ2v) is 5.03. The fraction of sp³-hybridized carbons (Fsp3) is 0.500. The van der Waals surface area contributed by atoms with E-state index in [2.05, 4.69) is 14.8 Å². The molecule has 1 aromatic carbocycles. The smallest absolute Gasteiger partial charge is 0.421 e. The van der Waals surface area contributed by atoms with Crippen molar-refractivity contribution < 1.29 is 31.8 Å². The summed E-state index contributed by atoms with van der Waals surface area (Å²) in [5, 5.41) is 3.12. The summed E-state index contributed by atoms with van der Waals surface area (Å²) in [6.45, 7) is 1.50. The van der Waals surface area contributed by atoms with Crippen molar-refractivity contribution in [3.8, 4) is 11.5 Å². The number of nitrogens with one attached hydrogen (secondary N) is 1. The van der Waals surface area contributed by atoms with Gasteiger partial charge in [-0.3, -0.25) is 0 Å². The van der Waals surface area contributed by atoms with E-state index in [1.807, 2.05) is 0 Å². The number of alkyl halides is 4. The molecule has 9 heteroatoms. The minimum atomic E-state index is -4.76. The first kappa shape index (κ1) is 14.7. The van der Waals surface area contributed by atoms with Gasteiger partial charge >= 0.3 is 12.2 Å². The molecule has 116 valence electrons. The summed E-state index contributed by atoms with van der Waals surface area (Å²) in [7, 11) is 0. The monoisotopic (exact) mass is 327 g/mol. The van der Waals surface area contributed by atoms with Gasteiger partial charge in [0.05, 0.1) is 17.7 Å². The highest BCUT2D eigenvalue weighted by Crippen LogP contribution is 2.49. The molecule has 4 nitrogen and oxygen atoms in total. The normalized spacial score (nSPS) is 26.4. The molecule has 0 amide bonds. The predicted octanol–water partition coefficient (Wildman–Crippen LogP) is 2.96. The van der Waals surface area contributed by atoms with E-state index >= 15 is 0 Å². The summed E-state index contributed by atoms with van der Waals surface area (Å²) < 4.78 is 66.0. The highest BCUT2D eigenvalue weighted by molar-refractivity contribution is 6.31. The van der Waals surface area contributed by atoms with Gasteiger partial charge in [0.15, 0.2) is 11.5 Å². The van der Waals surface area contributed by atoms with Crippen molar-refractivity contribution in [1.29, 1.82) is 0 Å². The average Bonchev–Trinajstić information content (AvgIpc) is 2.41. The maximum atomic E-state index is 13.2. The fourth-order valence-electron chi connectivity index (χ4n) is 2.12. The molecule has 21 heavy (non-hydrogen) atoms. The van der Waals surface area contributed by atoms with Crippen LogP contribution in [-0.4, -0.2) is 31.9 Å². The molecular formula is C12H10ClF4NO3. The third-order valence-corrected chi connectivity index (χ3v) is 3.48. The van der Waals surface area contributed by atoms with Gasteiger partial charge in [0, 0.05) is 24.7 Å². The van der Waals surface area contributed by atoms with Crippen LogP contribution in [-0.2, 0) is 4.74 Å². The number of halogens is 5. The fourth-order valence-corrected chi connectivity index (χ4v) is 2.39. The number of morpholine rings is 1. The summed E-state index contributed by atoms with van der Waals surface area (Å²) in [6, 6.07) is 2.16. The molecular weight excluding hydrogens is 318 g/mol. The highest BCUT2D eigenvalue weighted by atomic mass is 35.5. The Hall–Kier alpha value is -1.25. The van der Waals surface area contributed by atoms with Gasteiger partial charge in [-0.1, -0.05) is 11.6 Å². The van der Waals surface area contributed by atoms with E-state index < -0.39 is 29.8 Å². The maximum absolute atomic E-state index is 13.2. The van der Waals surface area contributed by atoms with Crippen LogP contribution in [0.2, 0.25) is 5.02 Å². The molecule has 0 bridgehead atoms. The number of ether oxygens (including phenoxy) is 3. The zero-order valence-electron chi connectivity index (χ0n) is 10.5. The lowest BCUT2D eigenvalue weighted by Gasteiger charge is -2.33. The summed E-state index contributed by atoms with van der Waals surface area (Å²) in [4.78, 5) is 0. The standard InChI is InChI=1S/C12H10ClF4NO3/c13-7-4-9-8(20-11(14,15)12(16,17)21-9)3-6(7)10-5-18-1-2-19-10/h3-4,10,18H,1-2,5H2. The molecule has 0 aliphatic carbocycles. The van der Waals surface area contributed by atoms with Gasteiger partial charge in [-0.25, -0.2) is 0 Å². The van der Waals surface area contributed by atoms with Crippen molar-refractivity contribution in [1.82, 2.24) is 5.32 Å². The van der Waals surface area contributed by atoms with Gasteiger partial charge in [0.2, 0.25) is 0 Å². The molecule has 0 saturated carbocycles. The van der Waals surface area contributed by atoms with Crippen molar-refractivity contribution in [3.05, 3.63) is 22.7 Å². The molecule has 0 aromatic heterocycles. The lowest BCUT2D eigenvalue weighted by atomic mass is 10.1. The molecule has 2 aliphatic heterocycles. The van der Waals surface area contributed by atoms with E-state index in [1.54, 1.807) is 0 Å². The van der Waals surface area contributed by atoms with E-state index in [0.717, 1.165) is 12.1 Å². The molecule has 0 radical (unpaired) electrons. The van der Waals surface area contributed by atoms with E-state index in [-0.39, 0.29) is 5.02 Å². The SMILES string of the molecule is FC1(F)Oc2cc(Cl)c(C3CNCCO3)cc2OC1(F)F.